The van der Waals surface area contributed by atoms with Crippen LogP contribution in [0.15, 0.2) is 10.9 Å². The molecule has 0 radical (unpaired) electrons. The number of aryl methyl sites for hydroxylation is 2. The minimum Gasteiger partial charge on any atom is -0.378 e. The van der Waals surface area contributed by atoms with Gasteiger partial charge in [-0.2, -0.15) is 0 Å². The molecule has 0 bridgehead atoms. The van der Waals surface area contributed by atoms with Gasteiger partial charge in [0.1, 0.15) is 5.52 Å². The van der Waals surface area contributed by atoms with Crippen LogP contribution < -0.4 is 10.5 Å². The Morgan fingerprint density at radius 2 is 2.11 bits per heavy atom. The molecule has 18 heavy (non-hydrogen) atoms. The summed E-state index contributed by atoms with van der Waals surface area (Å²) in [5.74, 6) is 0.640. The molecule has 3 rings (SSSR count). The fourth-order valence-electron chi connectivity index (χ4n) is 2.29. The molecular weight excluding hydrogens is 232 g/mol. The van der Waals surface area contributed by atoms with E-state index in [4.69, 9.17) is 4.74 Å². The van der Waals surface area contributed by atoms with E-state index in [0.29, 0.717) is 24.7 Å². The summed E-state index contributed by atoms with van der Waals surface area (Å²) < 4.78 is 7.16. The molecule has 96 valence electrons. The van der Waals surface area contributed by atoms with E-state index in [0.717, 1.165) is 24.3 Å². The Morgan fingerprint density at radius 3 is 2.83 bits per heavy atom. The van der Waals surface area contributed by atoms with Crippen molar-refractivity contribution < 1.29 is 4.74 Å². The third-order valence-corrected chi connectivity index (χ3v) is 3.43. The molecule has 1 aliphatic heterocycles. The highest BCUT2D eigenvalue weighted by atomic mass is 16.5. The number of aromatic nitrogens is 3. The van der Waals surface area contributed by atoms with Gasteiger partial charge in [-0.1, -0.05) is 0 Å². The average molecular weight is 248 g/mol. The van der Waals surface area contributed by atoms with Gasteiger partial charge in [0.2, 0.25) is 5.95 Å². The van der Waals surface area contributed by atoms with Gasteiger partial charge in [-0.3, -0.25) is 9.78 Å². The first-order chi connectivity index (χ1) is 8.66. The maximum atomic E-state index is 12.1. The number of rotatable bonds is 1. The Bertz CT molecular complexity index is 637. The van der Waals surface area contributed by atoms with Gasteiger partial charge in [0.15, 0.2) is 0 Å². The summed E-state index contributed by atoms with van der Waals surface area (Å²) in [4.78, 5) is 21.5. The van der Waals surface area contributed by atoms with Crippen molar-refractivity contribution in [3.8, 4) is 0 Å². The van der Waals surface area contributed by atoms with Crippen molar-refractivity contribution in [2.45, 2.75) is 6.92 Å². The lowest BCUT2D eigenvalue weighted by molar-refractivity contribution is 0.122. The zero-order chi connectivity index (χ0) is 12.7. The molecule has 0 atom stereocenters. The van der Waals surface area contributed by atoms with Crippen LogP contribution in [0.25, 0.3) is 11.0 Å². The van der Waals surface area contributed by atoms with Gasteiger partial charge >= 0.3 is 0 Å². The first-order valence-corrected chi connectivity index (χ1v) is 6.06. The van der Waals surface area contributed by atoms with Crippen molar-refractivity contribution in [2.24, 2.45) is 7.05 Å². The number of nitrogens with one attached hydrogen (secondary N) is 1. The van der Waals surface area contributed by atoms with Gasteiger partial charge in [-0.25, -0.2) is 4.98 Å². The van der Waals surface area contributed by atoms with E-state index in [9.17, 15) is 4.79 Å². The Kier molecular flexibility index (Phi) is 2.59. The molecule has 1 N–H and O–H groups in total. The number of hydrogen-bond donors (Lipinski definition) is 1. The maximum absolute atomic E-state index is 12.1. The van der Waals surface area contributed by atoms with Gasteiger partial charge in [0, 0.05) is 25.8 Å². The van der Waals surface area contributed by atoms with Crippen LogP contribution in [0.5, 0.6) is 0 Å². The highest BCUT2D eigenvalue weighted by Gasteiger charge is 2.16. The molecule has 0 amide bonds. The van der Waals surface area contributed by atoms with Crippen molar-refractivity contribution in [3.05, 3.63) is 22.1 Å². The molecular formula is C12H16N4O2. The molecule has 6 heteroatoms. The fourth-order valence-corrected chi connectivity index (χ4v) is 2.29. The van der Waals surface area contributed by atoms with Crippen LogP contribution in [0.3, 0.4) is 0 Å². The quantitative estimate of drug-likeness (QED) is 0.794. The standard InChI is InChI=1S/C12H16N4O2/c1-8-7-9-10(15(8)2)11(17)14-12(13-9)16-3-5-18-6-4-16/h7H,3-6H2,1-2H3,(H,13,14,17). The summed E-state index contributed by atoms with van der Waals surface area (Å²) in [5, 5.41) is 0. The number of nitrogens with zero attached hydrogens (tertiary/aromatic N) is 3. The van der Waals surface area contributed by atoms with E-state index in [1.54, 1.807) is 0 Å². The second-order valence-electron chi connectivity index (χ2n) is 4.57. The van der Waals surface area contributed by atoms with E-state index in [2.05, 4.69) is 9.97 Å². The predicted octanol–water partition coefficient (Wildman–Crippen LogP) is 0.407. The number of anilines is 1. The minimum absolute atomic E-state index is 0.0860. The maximum Gasteiger partial charge on any atom is 0.276 e. The topological polar surface area (TPSA) is 63.2 Å². The van der Waals surface area contributed by atoms with E-state index in [1.807, 2.05) is 29.5 Å². The van der Waals surface area contributed by atoms with E-state index in [-0.39, 0.29) is 5.56 Å². The Balaban J connectivity index is 2.12. The minimum atomic E-state index is -0.0860. The van der Waals surface area contributed by atoms with E-state index < -0.39 is 0 Å². The van der Waals surface area contributed by atoms with Gasteiger partial charge in [0.05, 0.1) is 18.7 Å². The highest BCUT2D eigenvalue weighted by molar-refractivity contribution is 5.77. The first-order valence-electron chi connectivity index (χ1n) is 6.06. The van der Waals surface area contributed by atoms with Crippen molar-refractivity contribution in [1.82, 2.24) is 14.5 Å². The highest BCUT2D eigenvalue weighted by Crippen LogP contribution is 2.16. The summed E-state index contributed by atoms with van der Waals surface area (Å²) in [6.07, 6.45) is 0. The van der Waals surface area contributed by atoms with Crippen molar-refractivity contribution >= 4 is 17.0 Å². The second kappa shape index (κ2) is 4.13. The molecule has 2 aromatic rings. The molecule has 0 aliphatic carbocycles. The zero-order valence-electron chi connectivity index (χ0n) is 10.6. The molecule has 2 aromatic heterocycles. The molecule has 0 saturated carbocycles. The third kappa shape index (κ3) is 1.69. The number of fused-ring (bicyclic) bond motifs is 1. The van der Waals surface area contributed by atoms with E-state index in [1.165, 1.54) is 0 Å². The van der Waals surface area contributed by atoms with Crippen LogP contribution >= 0.6 is 0 Å². The number of ether oxygens (including phenoxy) is 1. The number of aromatic amines is 1. The average Bonchev–Trinajstić information content (AvgIpc) is 2.66. The molecule has 0 unspecified atom stereocenters. The van der Waals surface area contributed by atoms with Gasteiger partial charge < -0.3 is 14.2 Å². The summed E-state index contributed by atoms with van der Waals surface area (Å²) in [7, 11) is 1.88. The van der Waals surface area contributed by atoms with Crippen LogP contribution in [0.1, 0.15) is 5.69 Å². The fraction of sp³-hybridized carbons (Fsp3) is 0.500. The zero-order valence-corrected chi connectivity index (χ0v) is 10.6. The van der Waals surface area contributed by atoms with Crippen molar-refractivity contribution in [3.63, 3.8) is 0 Å². The van der Waals surface area contributed by atoms with Crippen LogP contribution in [0.4, 0.5) is 5.95 Å². The van der Waals surface area contributed by atoms with Crippen LogP contribution in [0.2, 0.25) is 0 Å². The molecule has 3 heterocycles. The molecule has 1 saturated heterocycles. The smallest absolute Gasteiger partial charge is 0.276 e. The largest absolute Gasteiger partial charge is 0.378 e. The summed E-state index contributed by atoms with van der Waals surface area (Å²) >= 11 is 0. The monoisotopic (exact) mass is 248 g/mol. The lowest BCUT2D eigenvalue weighted by Crippen LogP contribution is -2.38. The van der Waals surface area contributed by atoms with Crippen molar-refractivity contribution in [2.75, 3.05) is 31.2 Å². The number of hydrogen-bond acceptors (Lipinski definition) is 4. The first kappa shape index (κ1) is 11.3. The molecule has 0 spiro atoms. The van der Waals surface area contributed by atoms with Crippen LogP contribution in [-0.2, 0) is 11.8 Å². The van der Waals surface area contributed by atoms with E-state index >= 15 is 0 Å². The lowest BCUT2D eigenvalue weighted by Gasteiger charge is -2.27. The number of H-pyrrole nitrogens is 1. The molecule has 6 nitrogen and oxygen atoms in total. The van der Waals surface area contributed by atoms with Gasteiger partial charge in [-0.05, 0) is 13.0 Å². The summed E-state index contributed by atoms with van der Waals surface area (Å²) in [5.41, 5.74) is 2.32. The summed E-state index contributed by atoms with van der Waals surface area (Å²) in [6.45, 7) is 4.85. The van der Waals surface area contributed by atoms with Crippen LogP contribution in [0, 0.1) is 6.92 Å². The lowest BCUT2D eigenvalue weighted by atomic mass is 10.4. The third-order valence-electron chi connectivity index (χ3n) is 3.43. The normalized spacial score (nSPS) is 16.4. The van der Waals surface area contributed by atoms with Gasteiger partial charge in [-0.15, -0.1) is 0 Å². The Labute approximate surface area is 104 Å². The Morgan fingerprint density at radius 1 is 1.39 bits per heavy atom. The predicted molar refractivity (Wildman–Crippen MR) is 69.1 cm³/mol. The van der Waals surface area contributed by atoms with Gasteiger partial charge in [0.25, 0.3) is 5.56 Å². The van der Waals surface area contributed by atoms with Crippen LogP contribution in [-0.4, -0.2) is 40.8 Å². The SMILES string of the molecule is Cc1cc2nc(N3CCOCC3)[nH]c(=O)c2n1C. The second-order valence-corrected chi connectivity index (χ2v) is 4.57. The molecule has 1 aliphatic rings. The molecule has 1 fully saturated rings. The Hall–Kier alpha value is -1.82. The number of morpholine rings is 1. The van der Waals surface area contributed by atoms with Crippen molar-refractivity contribution in [1.29, 1.82) is 0 Å². The molecule has 0 aromatic carbocycles. The summed E-state index contributed by atoms with van der Waals surface area (Å²) in [6, 6.07) is 1.94.